The molecule has 1 heterocycles. The van der Waals surface area contributed by atoms with Gasteiger partial charge in [0.2, 0.25) is 5.95 Å². The predicted octanol–water partition coefficient (Wildman–Crippen LogP) is 4.30. The molecule has 4 rings (SSSR count). The number of hydrogen-bond donors (Lipinski definition) is 2. The van der Waals surface area contributed by atoms with Gasteiger partial charge in [-0.15, -0.1) is 0 Å². The number of allylic oxidation sites excluding steroid dienone is 1. The van der Waals surface area contributed by atoms with Crippen LogP contribution in [-0.4, -0.2) is 15.9 Å². The number of anilines is 2. The molecule has 1 aliphatic rings. The normalized spacial score (nSPS) is 16.2. The largest absolute Gasteiger partial charge is 0.368 e. The lowest BCUT2D eigenvalue weighted by Gasteiger charge is -2.26. The van der Waals surface area contributed by atoms with E-state index < -0.39 is 0 Å². The van der Waals surface area contributed by atoms with Crippen molar-refractivity contribution in [1.29, 1.82) is 0 Å². The van der Waals surface area contributed by atoms with Gasteiger partial charge in [-0.25, -0.2) is 9.97 Å². The average Bonchev–Trinajstić information content (AvgIpc) is 2.73. The molecule has 0 spiro atoms. The molecule has 1 aromatic heterocycles. The van der Waals surface area contributed by atoms with Gasteiger partial charge >= 0.3 is 0 Å². The number of aromatic nitrogens is 2. The topological polar surface area (TPSA) is 80.9 Å². The molecular formula is C23H22N4O. The zero-order valence-corrected chi connectivity index (χ0v) is 15.7. The van der Waals surface area contributed by atoms with Crippen molar-refractivity contribution in [2.45, 2.75) is 19.3 Å². The number of para-hydroxylation sites is 1. The van der Waals surface area contributed by atoms with Gasteiger partial charge in [0.15, 0.2) is 0 Å². The van der Waals surface area contributed by atoms with E-state index in [2.05, 4.69) is 40.4 Å². The molecule has 2 aromatic carbocycles. The van der Waals surface area contributed by atoms with Crippen molar-refractivity contribution < 1.29 is 4.79 Å². The standard InChI is InChI=1S/C23H22N4O/c1-15(21-12-13-25-23(24)27-21)16-10-11-19-17(14-16)6-5-9-20(19)22(28)26-18-7-3-2-4-8-18/h2-13,15-16H,14H2,1H3,(H,26,28)(H2,24,25,27). The molecule has 0 radical (unpaired) electrons. The van der Waals surface area contributed by atoms with E-state index in [1.807, 2.05) is 48.5 Å². The summed E-state index contributed by atoms with van der Waals surface area (Å²) in [5.74, 6) is 0.693. The van der Waals surface area contributed by atoms with Crippen LogP contribution in [0.5, 0.6) is 0 Å². The molecule has 0 aliphatic heterocycles. The van der Waals surface area contributed by atoms with Crippen LogP contribution in [0.4, 0.5) is 11.6 Å². The van der Waals surface area contributed by atoms with E-state index in [9.17, 15) is 4.79 Å². The van der Waals surface area contributed by atoms with E-state index in [0.29, 0.717) is 11.5 Å². The van der Waals surface area contributed by atoms with Crippen molar-refractivity contribution in [1.82, 2.24) is 9.97 Å². The fraction of sp³-hybridized carbons (Fsp3) is 0.174. The number of amides is 1. The number of carbonyl (C=O) groups is 1. The van der Waals surface area contributed by atoms with Crippen LogP contribution in [0.15, 0.2) is 66.9 Å². The fourth-order valence-electron chi connectivity index (χ4n) is 3.65. The number of nitrogens with two attached hydrogens (primary N) is 1. The first-order chi connectivity index (χ1) is 13.6. The summed E-state index contributed by atoms with van der Waals surface area (Å²) in [6.07, 6.45) is 6.78. The van der Waals surface area contributed by atoms with Crippen molar-refractivity contribution >= 4 is 23.6 Å². The first-order valence-corrected chi connectivity index (χ1v) is 9.37. The number of hydrogen-bond acceptors (Lipinski definition) is 4. The minimum Gasteiger partial charge on any atom is -0.368 e. The first kappa shape index (κ1) is 17.9. The summed E-state index contributed by atoms with van der Waals surface area (Å²) in [7, 11) is 0. The number of fused-ring (bicyclic) bond motifs is 1. The van der Waals surface area contributed by atoms with Crippen LogP contribution >= 0.6 is 0 Å². The van der Waals surface area contributed by atoms with Gasteiger partial charge in [-0.2, -0.15) is 0 Å². The van der Waals surface area contributed by atoms with Gasteiger partial charge in [0.1, 0.15) is 0 Å². The van der Waals surface area contributed by atoms with E-state index in [1.54, 1.807) is 6.20 Å². The Kier molecular flexibility index (Phi) is 4.89. The van der Waals surface area contributed by atoms with Crippen LogP contribution in [0.25, 0.3) is 6.08 Å². The predicted molar refractivity (Wildman–Crippen MR) is 112 cm³/mol. The summed E-state index contributed by atoms with van der Waals surface area (Å²) in [4.78, 5) is 21.1. The smallest absolute Gasteiger partial charge is 0.256 e. The second kappa shape index (κ2) is 7.64. The Morgan fingerprint density at radius 2 is 1.96 bits per heavy atom. The van der Waals surface area contributed by atoms with Crippen molar-refractivity contribution in [3.8, 4) is 0 Å². The summed E-state index contributed by atoms with van der Waals surface area (Å²) < 4.78 is 0. The quantitative estimate of drug-likeness (QED) is 0.717. The molecule has 28 heavy (non-hydrogen) atoms. The van der Waals surface area contributed by atoms with Gasteiger partial charge < -0.3 is 11.1 Å². The number of rotatable bonds is 4. The summed E-state index contributed by atoms with van der Waals surface area (Å²) in [6.45, 7) is 2.15. The highest BCUT2D eigenvalue weighted by Gasteiger charge is 2.24. The number of nitrogens with one attached hydrogen (secondary N) is 1. The van der Waals surface area contributed by atoms with Gasteiger partial charge in [-0.1, -0.05) is 49.4 Å². The Hall–Kier alpha value is -3.47. The maximum absolute atomic E-state index is 12.8. The summed E-state index contributed by atoms with van der Waals surface area (Å²) in [5.41, 5.74) is 10.3. The molecule has 2 atom stereocenters. The minimum absolute atomic E-state index is 0.0947. The van der Waals surface area contributed by atoms with Crippen LogP contribution in [-0.2, 0) is 6.42 Å². The number of carbonyl (C=O) groups excluding carboxylic acids is 1. The molecule has 5 heteroatoms. The highest BCUT2D eigenvalue weighted by atomic mass is 16.1. The lowest BCUT2D eigenvalue weighted by atomic mass is 9.79. The number of nitrogens with zero attached hydrogens (tertiary/aromatic N) is 2. The van der Waals surface area contributed by atoms with Crippen LogP contribution in [0.2, 0.25) is 0 Å². The molecule has 1 aliphatic carbocycles. The van der Waals surface area contributed by atoms with Crippen molar-refractivity contribution in [3.63, 3.8) is 0 Å². The second-order valence-corrected chi connectivity index (χ2v) is 7.05. The Balaban J connectivity index is 1.57. The Morgan fingerprint density at radius 1 is 1.14 bits per heavy atom. The van der Waals surface area contributed by atoms with Gasteiger partial charge in [-0.05, 0) is 47.7 Å². The van der Waals surface area contributed by atoms with Crippen LogP contribution in [0.1, 0.15) is 40.0 Å². The van der Waals surface area contributed by atoms with Gasteiger partial charge in [0.25, 0.3) is 5.91 Å². The fourth-order valence-corrected chi connectivity index (χ4v) is 3.65. The van der Waals surface area contributed by atoms with Crippen molar-refractivity contribution in [3.05, 3.63) is 89.3 Å². The Morgan fingerprint density at radius 3 is 2.75 bits per heavy atom. The van der Waals surface area contributed by atoms with E-state index in [1.165, 1.54) is 5.56 Å². The average molecular weight is 370 g/mol. The third kappa shape index (κ3) is 3.64. The third-order valence-corrected chi connectivity index (χ3v) is 5.24. The molecule has 2 unspecified atom stereocenters. The van der Waals surface area contributed by atoms with E-state index in [0.717, 1.165) is 23.4 Å². The molecule has 140 valence electrons. The van der Waals surface area contributed by atoms with E-state index >= 15 is 0 Å². The zero-order valence-electron chi connectivity index (χ0n) is 15.7. The zero-order chi connectivity index (χ0) is 19.5. The number of benzene rings is 2. The highest BCUT2D eigenvalue weighted by Crippen LogP contribution is 2.34. The van der Waals surface area contributed by atoms with Crippen LogP contribution in [0.3, 0.4) is 0 Å². The lowest BCUT2D eigenvalue weighted by Crippen LogP contribution is -2.19. The second-order valence-electron chi connectivity index (χ2n) is 7.05. The minimum atomic E-state index is -0.0947. The van der Waals surface area contributed by atoms with Crippen molar-refractivity contribution in [2.24, 2.45) is 5.92 Å². The third-order valence-electron chi connectivity index (χ3n) is 5.24. The maximum Gasteiger partial charge on any atom is 0.256 e. The van der Waals surface area contributed by atoms with Crippen molar-refractivity contribution in [2.75, 3.05) is 11.1 Å². The Bertz CT molecular complexity index is 1030. The van der Waals surface area contributed by atoms with Gasteiger partial charge in [-0.3, -0.25) is 4.79 Å². The summed E-state index contributed by atoms with van der Waals surface area (Å²) >= 11 is 0. The molecule has 1 amide bonds. The van der Waals surface area contributed by atoms with E-state index in [-0.39, 0.29) is 17.7 Å². The summed E-state index contributed by atoms with van der Waals surface area (Å²) in [5, 5.41) is 2.97. The molecular weight excluding hydrogens is 348 g/mol. The van der Waals surface area contributed by atoms with Crippen LogP contribution < -0.4 is 11.1 Å². The first-order valence-electron chi connectivity index (χ1n) is 9.37. The highest BCUT2D eigenvalue weighted by molar-refractivity contribution is 6.07. The maximum atomic E-state index is 12.8. The summed E-state index contributed by atoms with van der Waals surface area (Å²) in [6, 6.07) is 17.3. The molecule has 0 saturated heterocycles. The SMILES string of the molecule is CC(c1ccnc(N)n1)C1C=Cc2c(cccc2C(=O)Nc2ccccc2)C1. The van der Waals surface area contributed by atoms with Crippen LogP contribution in [0, 0.1) is 5.92 Å². The Labute approximate surface area is 164 Å². The molecule has 5 nitrogen and oxygen atoms in total. The van der Waals surface area contributed by atoms with Gasteiger partial charge in [0, 0.05) is 29.1 Å². The molecule has 0 bridgehead atoms. The van der Waals surface area contributed by atoms with E-state index in [4.69, 9.17) is 5.73 Å². The molecule has 3 N–H and O–H groups in total. The molecule has 3 aromatic rings. The van der Waals surface area contributed by atoms with Gasteiger partial charge in [0.05, 0.1) is 0 Å². The molecule has 0 saturated carbocycles. The number of nitrogen functional groups attached to an aromatic ring is 1. The lowest BCUT2D eigenvalue weighted by molar-refractivity contribution is 0.102. The monoisotopic (exact) mass is 370 g/mol. The molecule has 0 fully saturated rings.